The summed E-state index contributed by atoms with van der Waals surface area (Å²) in [6.45, 7) is 0. The van der Waals surface area contributed by atoms with E-state index in [2.05, 4.69) is 5.10 Å². The first-order chi connectivity index (χ1) is 6.81. The van der Waals surface area contributed by atoms with Crippen LogP contribution in [0.5, 0.6) is 0 Å². The zero-order valence-corrected chi connectivity index (χ0v) is 7.34. The first-order valence-electron chi connectivity index (χ1n) is 4.17. The van der Waals surface area contributed by atoms with Crippen molar-refractivity contribution >= 4 is 17.8 Å². The molecular formula is C10H7N3O. The van der Waals surface area contributed by atoms with Gasteiger partial charge in [0.25, 0.3) is 5.91 Å². The van der Waals surface area contributed by atoms with E-state index in [-0.39, 0.29) is 5.91 Å². The summed E-state index contributed by atoms with van der Waals surface area (Å²) in [7, 11) is 0. The Morgan fingerprint density at radius 3 is 3.00 bits per heavy atom. The summed E-state index contributed by atoms with van der Waals surface area (Å²) >= 11 is 0. The van der Waals surface area contributed by atoms with Crippen molar-refractivity contribution in [1.29, 1.82) is 5.26 Å². The highest BCUT2D eigenvalue weighted by Gasteiger charge is 2.18. The van der Waals surface area contributed by atoms with Crippen LogP contribution >= 0.6 is 0 Å². The SMILES string of the molecule is N#Cc1cccc(N2N=CCC2=O)c1. The molecule has 4 nitrogen and oxygen atoms in total. The fourth-order valence-corrected chi connectivity index (χ4v) is 1.27. The Hall–Kier alpha value is -2.15. The van der Waals surface area contributed by atoms with Crippen molar-refractivity contribution < 1.29 is 4.79 Å². The van der Waals surface area contributed by atoms with Gasteiger partial charge in [0.15, 0.2) is 0 Å². The average Bonchev–Trinajstić information content (AvgIpc) is 2.65. The minimum Gasteiger partial charge on any atom is -0.272 e. The van der Waals surface area contributed by atoms with Crippen molar-refractivity contribution in [3.05, 3.63) is 29.8 Å². The number of rotatable bonds is 1. The minimum atomic E-state index is -0.0694. The van der Waals surface area contributed by atoms with Crippen molar-refractivity contribution in [3.63, 3.8) is 0 Å². The van der Waals surface area contributed by atoms with Gasteiger partial charge >= 0.3 is 0 Å². The molecule has 0 bridgehead atoms. The molecule has 68 valence electrons. The van der Waals surface area contributed by atoms with Gasteiger partial charge in [0.1, 0.15) is 0 Å². The van der Waals surface area contributed by atoms with Gasteiger partial charge in [-0.2, -0.15) is 10.4 Å². The van der Waals surface area contributed by atoms with Crippen molar-refractivity contribution in [2.24, 2.45) is 5.10 Å². The molecule has 0 fully saturated rings. The molecule has 0 N–H and O–H groups in total. The Labute approximate surface area is 81.1 Å². The molecule has 0 atom stereocenters. The van der Waals surface area contributed by atoms with Crippen LogP contribution in [-0.4, -0.2) is 12.1 Å². The number of nitriles is 1. The van der Waals surface area contributed by atoms with Crippen molar-refractivity contribution in [2.45, 2.75) is 6.42 Å². The number of benzene rings is 1. The number of nitrogens with zero attached hydrogens (tertiary/aromatic N) is 3. The molecule has 0 aromatic heterocycles. The fraction of sp³-hybridized carbons (Fsp3) is 0.100. The molecule has 0 unspecified atom stereocenters. The molecule has 0 spiro atoms. The summed E-state index contributed by atoms with van der Waals surface area (Å²) in [5.41, 5.74) is 1.17. The Morgan fingerprint density at radius 2 is 2.36 bits per heavy atom. The van der Waals surface area contributed by atoms with Gasteiger partial charge < -0.3 is 0 Å². The summed E-state index contributed by atoms with van der Waals surface area (Å²) in [5, 5.41) is 13.9. The number of hydrogen-bond acceptors (Lipinski definition) is 3. The van der Waals surface area contributed by atoms with E-state index in [9.17, 15) is 4.79 Å². The van der Waals surface area contributed by atoms with E-state index in [1.807, 2.05) is 6.07 Å². The maximum absolute atomic E-state index is 11.3. The molecule has 1 aromatic rings. The largest absolute Gasteiger partial charge is 0.272 e. The first kappa shape index (κ1) is 8.45. The normalized spacial score (nSPS) is 14.5. The summed E-state index contributed by atoms with van der Waals surface area (Å²) in [6, 6.07) is 8.83. The molecule has 4 heteroatoms. The zero-order valence-electron chi connectivity index (χ0n) is 7.34. The van der Waals surface area contributed by atoms with E-state index in [1.165, 1.54) is 5.01 Å². The van der Waals surface area contributed by atoms with Crippen molar-refractivity contribution in [3.8, 4) is 6.07 Å². The first-order valence-corrected chi connectivity index (χ1v) is 4.17. The second-order valence-corrected chi connectivity index (χ2v) is 2.87. The summed E-state index contributed by atoms with van der Waals surface area (Å²) in [4.78, 5) is 11.3. The maximum atomic E-state index is 11.3. The highest BCUT2D eigenvalue weighted by atomic mass is 16.2. The second-order valence-electron chi connectivity index (χ2n) is 2.87. The molecule has 0 aliphatic carbocycles. The number of carbonyl (C=O) groups excluding carboxylic acids is 1. The lowest BCUT2D eigenvalue weighted by molar-refractivity contribution is -0.116. The third-order valence-corrected chi connectivity index (χ3v) is 1.92. The minimum absolute atomic E-state index is 0.0694. The topological polar surface area (TPSA) is 56.5 Å². The molecule has 1 amide bonds. The molecule has 1 heterocycles. The molecule has 0 saturated heterocycles. The van der Waals surface area contributed by atoms with E-state index in [0.717, 1.165) is 0 Å². The molecular weight excluding hydrogens is 178 g/mol. The summed E-state index contributed by atoms with van der Waals surface area (Å²) in [5.74, 6) is -0.0694. The lowest BCUT2D eigenvalue weighted by Crippen LogP contribution is -2.19. The quantitative estimate of drug-likeness (QED) is 0.661. The van der Waals surface area contributed by atoms with Gasteiger partial charge in [-0.05, 0) is 18.2 Å². The van der Waals surface area contributed by atoms with Crippen LogP contribution in [0.4, 0.5) is 5.69 Å². The molecule has 1 aromatic carbocycles. The third kappa shape index (κ3) is 1.36. The van der Waals surface area contributed by atoms with Crippen LogP contribution in [0.3, 0.4) is 0 Å². The van der Waals surface area contributed by atoms with E-state index in [4.69, 9.17) is 5.26 Å². The van der Waals surface area contributed by atoms with Crippen LogP contribution in [0.25, 0.3) is 0 Å². The predicted octanol–water partition coefficient (Wildman–Crippen LogP) is 1.28. The zero-order chi connectivity index (χ0) is 9.97. The lowest BCUT2D eigenvalue weighted by Gasteiger charge is -2.11. The van der Waals surface area contributed by atoms with Gasteiger partial charge in [0, 0.05) is 6.21 Å². The summed E-state index contributed by atoms with van der Waals surface area (Å²) in [6.07, 6.45) is 1.89. The van der Waals surface area contributed by atoms with Crippen LogP contribution in [0.2, 0.25) is 0 Å². The fourth-order valence-electron chi connectivity index (χ4n) is 1.27. The molecule has 1 aliphatic heterocycles. The monoisotopic (exact) mass is 185 g/mol. The third-order valence-electron chi connectivity index (χ3n) is 1.92. The molecule has 0 radical (unpaired) electrons. The van der Waals surface area contributed by atoms with E-state index >= 15 is 0 Å². The van der Waals surface area contributed by atoms with Crippen LogP contribution in [0, 0.1) is 11.3 Å². The smallest absolute Gasteiger partial charge is 0.252 e. The number of carbonyl (C=O) groups is 1. The lowest BCUT2D eigenvalue weighted by atomic mass is 10.2. The van der Waals surface area contributed by atoms with Gasteiger partial charge in [-0.1, -0.05) is 6.07 Å². The van der Waals surface area contributed by atoms with Gasteiger partial charge in [-0.15, -0.1) is 0 Å². The molecule has 1 aliphatic rings. The van der Waals surface area contributed by atoms with Gasteiger partial charge in [-0.3, -0.25) is 4.79 Å². The Balaban J connectivity index is 2.37. The number of hydrogen-bond donors (Lipinski definition) is 0. The van der Waals surface area contributed by atoms with E-state index in [0.29, 0.717) is 17.7 Å². The summed E-state index contributed by atoms with van der Waals surface area (Å²) < 4.78 is 0. The van der Waals surface area contributed by atoms with Crippen LogP contribution in [0.15, 0.2) is 29.4 Å². The number of amides is 1. The van der Waals surface area contributed by atoms with Crippen LogP contribution in [0.1, 0.15) is 12.0 Å². The maximum Gasteiger partial charge on any atom is 0.252 e. The standard InChI is InChI=1S/C10H7N3O/c11-7-8-2-1-3-9(6-8)13-10(14)4-5-12-13/h1-3,5-6H,4H2. The predicted molar refractivity (Wildman–Crippen MR) is 51.8 cm³/mol. The van der Waals surface area contributed by atoms with Gasteiger partial charge in [0.05, 0.1) is 23.7 Å². The molecule has 2 rings (SSSR count). The second kappa shape index (κ2) is 3.30. The number of anilines is 1. The van der Waals surface area contributed by atoms with E-state index in [1.54, 1.807) is 30.5 Å². The highest BCUT2D eigenvalue weighted by Crippen LogP contribution is 2.19. The van der Waals surface area contributed by atoms with E-state index < -0.39 is 0 Å². The van der Waals surface area contributed by atoms with Crippen LogP contribution < -0.4 is 5.01 Å². The average molecular weight is 185 g/mol. The Morgan fingerprint density at radius 1 is 1.50 bits per heavy atom. The van der Waals surface area contributed by atoms with Crippen LogP contribution in [-0.2, 0) is 4.79 Å². The Kier molecular flexibility index (Phi) is 1.99. The van der Waals surface area contributed by atoms with Crippen molar-refractivity contribution in [1.82, 2.24) is 0 Å². The van der Waals surface area contributed by atoms with Gasteiger partial charge in [-0.25, -0.2) is 5.01 Å². The Bertz CT molecular complexity index is 445. The molecule has 14 heavy (non-hydrogen) atoms. The van der Waals surface area contributed by atoms with Crippen molar-refractivity contribution in [2.75, 3.05) is 5.01 Å². The molecule has 0 saturated carbocycles. The number of hydrazone groups is 1. The highest BCUT2D eigenvalue weighted by molar-refractivity contribution is 6.05. The van der Waals surface area contributed by atoms with Gasteiger partial charge in [0.2, 0.25) is 0 Å².